The highest BCUT2D eigenvalue weighted by molar-refractivity contribution is 6.13. The van der Waals surface area contributed by atoms with Gasteiger partial charge < -0.3 is 25.1 Å². The maximum atomic E-state index is 6.19. The van der Waals surface area contributed by atoms with Gasteiger partial charge >= 0.3 is 6.01 Å². The Bertz CT molecular complexity index is 1540. The normalized spacial score (nSPS) is 21.6. The Balaban J connectivity index is 1.37. The summed E-state index contributed by atoms with van der Waals surface area (Å²) in [4.78, 5) is 24.1. The minimum Gasteiger partial charge on any atom is -0.495 e. The highest BCUT2D eigenvalue weighted by Crippen LogP contribution is 2.47. The summed E-state index contributed by atoms with van der Waals surface area (Å²) >= 11 is 0. The highest BCUT2D eigenvalue weighted by Gasteiger charge is 2.54. The lowest BCUT2D eigenvalue weighted by Gasteiger charge is -2.21. The molecule has 0 bridgehead atoms. The summed E-state index contributed by atoms with van der Waals surface area (Å²) in [5, 5.41) is 1.98. The quantitative estimate of drug-likeness (QED) is 0.439. The third kappa shape index (κ3) is 2.82. The first-order valence-corrected chi connectivity index (χ1v) is 10.9. The number of fused-ring (bicyclic) bond motifs is 5. The van der Waals surface area contributed by atoms with Gasteiger partial charge in [-0.15, -0.1) is 0 Å². The molecule has 5 heterocycles. The van der Waals surface area contributed by atoms with Crippen molar-refractivity contribution in [2.24, 2.45) is 17.6 Å². The van der Waals surface area contributed by atoms with Crippen molar-refractivity contribution in [3.05, 3.63) is 48.8 Å². The maximum Gasteiger partial charge on any atom is 0.326 e. The molecule has 1 aliphatic carbocycles. The van der Waals surface area contributed by atoms with Crippen LogP contribution in [0.3, 0.4) is 0 Å². The van der Waals surface area contributed by atoms with Crippen LogP contribution in [0.5, 0.6) is 17.5 Å². The van der Waals surface area contributed by atoms with Gasteiger partial charge in [-0.1, -0.05) is 12.1 Å². The molecule has 1 aliphatic heterocycles. The molecular formula is C24H21N7O2. The molecule has 9 heteroatoms. The standard InChI is InChI=1S/C24H21N7O2/c1-32-18-6-2-4-13-19-22(28-21(13)18)29-24(30-23(19)31-10-14-15(11-31)20(14)25)33-12-8-17-16(27-9-12)5-3-7-26-17/h2-9,14-15,20H,10-11,25H2,1H3,(H,28,29,30). The first kappa shape index (κ1) is 18.6. The Morgan fingerprint density at radius 3 is 2.79 bits per heavy atom. The highest BCUT2D eigenvalue weighted by atomic mass is 16.5. The number of pyridine rings is 2. The predicted molar refractivity (Wildman–Crippen MR) is 125 cm³/mol. The van der Waals surface area contributed by atoms with E-state index in [1.165, 1.54) is 0 Å². The molecule has 2 atom stereocenters. The van der Waals surface area contributed by atoms with Crippen LogP contribution in [0.2, 0.25) is 0 Å². The summed E-state index contributed by atoms with van der Waals surface area (Å²) in [6.07, 6.45) is 3.39. The van der Waals surface area contributed by atoms with Gasteiger partial charge in [0, 0.05) is 36.8 Å². The fraction of sp³-hybridized carbons (Fsp3) is 0.250. The Kier molecular flexibility index (Phi) is 3.80. The molecule has 1 saturated carbocycles. The van der Waals surface area contributed by atoms with Crippen LogP contribution in [0, 0.1) is 11.8 Å². The molecule has 7 rings (SSSR count). The predicted octanol–water partition coefficient (Wildman–Crippen LogP) is 3.25. The van der Waals surface area contributed by atoms with Gasteiger partial charge in [0.2, 0.25) is 0 Å². The van der Waals surface area contributed by atoms with Crippen LogP contribution in [0.15, 0.2) is 48.8 Å². The van der Waals surface area contributed by atoms with Crippen molar-refractivity contribution < 1.29 is 9.47 Å². The van der Waals surface area contributed by atoms with Crippen LogP contribution in [0.4, 0.5) is 5.82 Å². The van der Waals surface area contributed by atoms with Crippen LogP contribution in [-0.2, 0) is 0 Å². The Morgan fingerprint density at radius 1 is 1.06 bits per heavy atom. The molecule has 4 aromatic heterocycles. The number of rotatable bonds is 4. The molecule has 2 fully saturated rings. The second-order valence-electron chi connectivity index (χ2n) is 8.69. The van der Waals surface area contributed by atoms with Crippen LogP contribution < -0.4 is 20.1 Å². The van der Waals surface area contributed by atoms with E-state index in [1.54, 1.807) is 19.5 Å². The number of para-hydroxylation sites is 1. The average Bonchev–Trinajstić information content (AvgIpc) is 3.20. The van der Waals surface area contributed by atoms with E-state index in [-0.39, 0.29) is 6.01 Å². The Morgan fingerprint density at radius 2 is 1.94 bits per heavy atom. The van der Waals surface area contributed by atoms with Crippen LogP contribution >= 0.6 is 0 Å². The van der Waals surface area contributed by atoms with E-state index in [4.69, 9.17) is 25.2 Å². The molecule has 0 radical (unpaired) electrons. The number of nitrogens with zero attached hydrogens (tertiary/aromatic N) is 5. The largest absolute Gasteiger partial charge is 0.495 e. The van der Waals surface area contributed by atoms with Gasteiger partial charge in [-0.2, -0.15) is 9.97 Å². The van der Waals surface area contributed by atoms with Gasteiger partial charge in [-0.05, 0) is 30.0 Å². The van der Waals surface area contributed by atoms with Crippen molar-refractivity contribution in [2.45, 2.75) is 6.04 Å². The molecule has 9 nitrogen and oxygen atoms in total. The van der Waals surface area contributed by atoms with Crippen molar-refractivity contribution >= 4 is 38.8 Å². The second kappa shape index (κ2) is 6.76. The Labute approximate surface area is 188 Å². The smallest absolute Gasteiger partial charge is 0.326 e. The molecule has 164 valence electrons. The summed E-state index contributed by atoms with van der Waals surface area (Å²) in [7, 11) is 1.66. The van der Waals surface area contributed by atoms with E-state index in [1.807, 2.05) is 30.3 Å². The zero-order chi connectivity index (χ0) is 22.1. The summed E-state index contributed by atoms with van der Waals surface area (Å²) in [6.45, 7) is 1.77. The second-order valence-corrected chi connectivity index (χ2v) is 8.69. The van der Waals surface area contributed by atoms with Gasteiger partial charge in [-0.3, -0.25) is 9.97 Å². The van der Waals surface area contributed by atoms with Gasteiger partial charge in [0.05, 0.1) is 35.2 Å². The van der Waals surface area contributed by atoms with Crippen LogP contribution in [0.25, 0.3) is 33.0 Å². The molecule has 5 aromatic rings. The van der Waals surface area contributed by atoms with Crippen molar-refractivity contribution in [2.75, 3.05) is 25.1 Å². The number of hydrogen-bond acceptors (Lipinski definition) is 8. The first-order valence-electron chi connectivity index (χ1n) is 10.9. The van der Waals surface area contributed by atoms with Crippen molar-refractivity contribution in [1.82, 2.24) is 24.9 Å². The third-order valence-electron chi connectivity index (χ3n) is 6.82. The van der Waals surface area contributed by atoms with Gasteiger partial charge in [0.15, 0.2) is 5.75 Å². The SMILES string of the molecule is COc1cccc2c1[nH]c1nc(Oc3cnc4cccnc4c3)nc(N3CC4C(N)C4C3)c12. The van der Waals surface area contributed by atoms with Crippen LogP contribution in [-0.4, -0.2) is 51.2 Å². The molecule has 33 heavy (non-hydrogen) atoms. The van der Waals surface area contributed by atoms with Crippen molar-refractivity contribution in [3.8, 4) is 17.5 Å². The van der Waals surface area contributed by atoms with Gasteiger partial charge in [0.25, 0.3) is 0 Å². The number of nitrogens with one attached hydrogen (secondary N) is 1. The number of hydrogen-bond donors (Lipinski definition) is 2. The fourth-order valence-corrected chi connectivity index (χ4v) is 5.04. The summed E-state index contributed by atoms with van der Waals surface area (Å²) in [5.41, 5.74) is 9.33. The zero-order valence-corrected chi connectivity index (χ0v) is 17.9. The number of anilines is 1. The lowest BCUT2D eigenvalue weighted by Crippen LogP contribution is -2.29. The average molecular weight is 439 g/mol. The summed E-state index contributed by atoms with van der Waals surface area (Å²) < 4.78 is 11.7. The van der Waals surface area contributed by atoms with E-state index in [0.29, 0.717) is 29.3 Å². The number of nitrogens with two attached hydrogens (primary N) is 1. The monoisotopic (exact) mass is 439 g/mol. The number of benzene rings is 1. The number of piperidine rings is 1. The molecule has 1 aromatic carbocycles. The number of ether oxygens (including phenoxy) is 2. The van der Waals surface area contributed by atoms with E-state index in [0.717, 1.165) is 52.0 Å². The number of aromatic amines is 1. The maximum absolute atomic E-state index is 6.19. The van der Waals surface area contributed by atoms with E-state index < -0.39 is 0 Å². The van der Waals surface area contributed by atoms with E-state index in [9.17, 15) is 0 Å². The minimum absolute atomic E-state index is 0.255. The molecule has 3 N–H and O–H groups in total. The van der Waals surface area contributed by atoms with E-state index >= 15 is 0 Å². The lowest BCUT2D eigenvalue weighted by molar-refractivity contribution is 0.419. The summed E-state index contributed by atoms with van der Waals surface area (Å²) in [5.74, 6) is 3.19. The summed E-state index contributed by atoms with van der Waals surface area (Å²) in [6, 6.07) is 12.1. The van der Waals surface area contributed by atoms with E-state index in [2.05, 4.69) is 25.9 Å². The molecule has 2 unspecified atom stereocenters. The first-order chi connectivity index (χ1) is 16.2. The minimum atomic E-state index is 0.255. The van der Waals surface area contributed by atoms with Crippen molar-refractivity contribution in [1.29, 1.82) is 0 Å². The molecule has 0 spiro atoms. The fourth-order valence-electron chi connectivity index (χ4n) is 5.04. The number of methoxy groups -OCH3 is 1. The zero-order valence-electron chi connectivity index (χ0n) is 17.9. The van der Waals surface area contributed by atoms with Crippen LogP contribution in [0.1, 0.15) is 0 Å². The molecule has 2 aliphatic rings. The molecule has 1 saturated heterocycles. The number of H-pyrrole nitrogens is 1. The van der Waals surface area contributed by atoms with Gasteiger partial charge in [-0.25, -0.2) is 0 Å². The lowest BCUT2D eigenvalue weighted by atomic mass is 10.2. The topological polar surface area (TPSA) is 115 Å². The number of aromatic nitrogens is 5. The Hall–Kier alpha value is -3.98. The van der Waals surface area contributed by atoms with Gasteiger partial charge in [0.1, 0.15) is 17.2 Å². The molecular weight excluding hydrogens is 418 g/mol. The molecule has 0 amide bonds. The van der Waals surface area contributed by atoms with Crippen molar-refractivity contribution in [3.63, 3.8) is 0 Å². The third-order valence-corrected chi connectivity index (χ3v) is 6.82.